The van der Waals surface area contributed by atoms with Crippen molar-refractivity contribution in [2.45, 2.75) is 39.4 Å². The van der Waals surface area contributed by atoms with Gasteiger partial charge in [0.15, 0.2) is 11.5 Å². The Hall–Kier alpha value is -2.51. The van der Waals surface area contributed by atoms with Gasteiger partial charge in [-0.15, -0.1) is 0 Å². The first kappa shape index (κ1) is 17.8. The van der Waals surface area contributed by atoms with E-state index in [1.54, 1.807) is 19.1 Å². The summed E-state index contributed by atoms with van der Waals surface area (Å²) in [5.41, 5.74) is 4.38. The van der Waals surface area contributed by atoms with Crippen LogP contribution >= 0.6 is 0 Å². The van der Waals surface area contributed by atoms with Gasteiger partial charge in [0.1, 0.15) is 18.2 Å². The summed E-state index contributed by atoms with van der Waals surface area (Å²) in [5.74, 6) is 0.351. The maximum Gasteiger partial charge on any atom is 0.228 e. The number of benzene rings is 1. The first-order chi connectivity index (χ1) is 11.1. The van der Waals surface area contributed by atoms with Crippen LogP contribution in [-0.2, 0) is 5.67 Å². The highest BCUT2D eigenvalue weighted by Crippen LogP contribution is 2.22. The highest BCUT2D eigenvalue weighted by Gasteiger charge is 2.24. The van der Waals surface area contributed by atoms with Gasteiger partial charge in [0.25, 0.3) is 0 Å². The lowest BCUT2D eigenvalue weighted by molar-refractivity contribution is 0.206. The number of anilines is 2. The van der Waals surface area contributed by atoms with E-state index in [0.717, 1.165) is 0 Å². The fourth-order valence-electron chi connectivity index (χ4n) is 1.91. The smallest absolute Gasteiger partial charge is 0.228 e. The maximum atomic E-state index is 14.0. The molecule has 2 aromatic rings. The Kier molecular flexibility index (Phi) is 5.16. The second-order valence-corrected chi connectivity index (χ2v) is 6.08. The Morgan fingerprint density at radius 3 is 2.62 bits per heavy atom. The molecule has 0 aliphatic heterocycles. The molecule has 0 amide bonds. The van der Waals surface area contributed by atoms with Crippen LogP contribution in [0.1, 0.15) is 32.2 Å². The number of ether oxygens (including phenoxy) is 1. The molecule has 0 aliphatic rings. The molecule has 1 heterocycles. The zero-order valence-electron chi connectivity index (χ0n) is 14.1. The summed E-state index contributed by atoms with van der Waals surface area (Å²) in [7, 11) is 0. The Morgan fingerprint density at radius 1 is 1.29 bits per heavy atom. The van der Waals surface area contributed by atoms with E-state index < -0.39 is 5.67 Å². The van der Waals surface area contributed by atoms with Crippen LogP contribution in [0.5, 0.6) is 5.75 Å². The number of aryl methyl sites for hydroxylation is 1. The van der Waals surface area contributed by atoms with Gasteiger partial charge in [-0.05, 0) is 51.5 Å². The van der Waals surface area contributed by atoms with Crippen LogP contribution in [0, 0.1) is 12.7 Å². The van der Waals surface area contributed by atoms with Crippen molar-refractivity contribution >= 4 is 11.9 Å². The molecule has 8 heteroatoms. The van der Waals surface area contributed by atoms with E-state index in [-0.39, 0.29) is 36.2 Å². The first-order valence-electron chi connectivity index (χ1n) is 7.51. The van der Waals surface area contributed by atoms with E-state index >= 15 is 0 Å². The predicted octanol–water partition coefficient (Wildman–Crippen LogP) is 2.99. The van der Waals surface area contributed by atoms with Crippen LogP contribution in [0.25, 0.3) is 0 Å². The lowest BCUT2D eigenvalue weighted by Crippen LogP contribution is -2.26. The third-order valence-electron chi connectivity index (χ3n) is 3.19. The van der Waals surface area contributed by atoms with E-state index in [1.807, 2.05) is 6.92 Å². The standard InChI is InChI=1S/C16H21F2N5O/c1-9-7-11(5-6-12(9)17)24-8-10(2)20-15-22-13(16(3,4)18)21-14(19)23-15/h5-7,10H,8H2,1-4H3,(H3,19,20,21,22,23). The molecule has 24 heavy (non-hydrogen) atoms. The quantitative estimate of drug-likeness (QED) is 0.843. The number of hydrogen-bond acceptors (Lipinski definition) is 6. The number of nitrogens with zero attached hydrogens (tertiary/aromatic N) is 3. The molecule has 1 atom stereocenters. The highest BCUT2D eigenvalue weighted by molar-refractivity contribution is 5.33. The van der Waals surface area contributed by atoms with Gasteiger partial charge in [-0.1, -0.05) is 0 Å². The van der Waals surface area contributed by atoms with Crippen molar-refractivity contribution < 1.29 is 13.5 Å². The molecule has 0 spiro atoms. The molecular formula is C16H21F2N5O. The van der Waals surface area contributed by atoms with Crippen molar-refractivity contribution in [1.82, 2.24) is 15.0 Å². The van der Waals surface area contributed by atoms with Gasteiger partial charge in [0.05, 0.1) is 6.04 Å². The molecule has 0 radical (unpaired) electrons. The minimum atomic E-state index is -1.72. The van der Waals surface area contributed by atoms with Crippen molar-refractivity contribution in [1.29, 1.82) is 0 Å². The van der Waals surface area contributed by atoms with E-state index in [9.17, 15) is 8.78 Å². The Bertz CT molecular complexity index is 718. The number of nitrogens with two attached hydrogens (primary N) is 1. The minimum Gasteiger partial charge on any atom is -0.491 e. The minimum absolute atomic E-state index is 0.0419. The Labute approximate surface area is 139 Å². The summed E-state index contributed by atoms with van der Waals surface area (Å²) in [6.07, 6.45) is 0. The van der Waals surface area contributed by atoms with Crippen molar-refractivity contribution in [3.05, 3.63) is 35.4 Å². The van der Waals surface area contributed by atoms with Crippen LogP contribution in [0.15, 0.2) is 18.2 Å². The molecule has 0 bridgehead atoms. The lowest BCUT2D eigenvalue weighted by atomic mass is 10.1. The average molecular weight is 337 g/mol. The number of alkyl halides is 1. The summed E-state index contributed by atoms with van der Waals surface area (Å²) >= 11 is 0. The fraction of sp³-hybridized carbons (Fsp3) is 0.438. The summed E-state index contributed by atoms with van der Waals surface area (Å²) < 4.78 is 32.8. The number of nitrogens with one attached hydrogen (secondary N) is 1. The zero-order chi connectivity index (χ0) is 17.9. The topological polar surface area (TPSA) is 86.0 Å². The highest BCUT2D eigenvalue weighted by atomic mass is 19.1. The number of rotatable bonds is 6. The molecule has 1 aromatic carbocycles. The van der Waals surface area contributed by atoms with Gasteiger partial charge < -0.3 is 15.8 Å². The normalized spacial score (nSPS) is 12.8. The van der Waals surface area contributed by atoms with Gasteiger partial charge in [-0.2, -0.15) is 15.0 Å². The summed E-state index contributed by atoms with van der Waals surface area (Å²) in [6.45, 7) is 6.48. The lowest BCUT2D eigenvalue weighted by Gasteiger charge is -2.17. The van der Waals surface area contributed by atoms with Gasteiger partial charge in [0, 0.05) is 0 Å². The monoisotopic (exact) mass is 337 g/mol. The van der Waals surface area contributed by atoms with E-state index in [4.69, 9.17) is 10.5 Å². The van der Waals surface area contributed by atoms with E-state index in [0.29, 0.717) is 11.3 Å². The molecule has 3 N–H and O–H groups in total. The Balaban J connectivity index is 2.00. The van der Waals surface area contributed by atoms with Gasteiger partial charge in [-0.3, -0.25) is 0 Å². The molecular weight excluding hydrogens is 316 g/mol. The van der Waals surface area contributed by atoms with Crippen LogP contribution < -0.4 is 15.8 Å². The average Bonchev–Trinajstić information content (AvgIpc) is 2.47. The molecule has 0 aliphatic carbocycles. The van der Waals surface area contributed by atoms with Crippen molar-refractivity contribution in [2.24, 2.45) is 0 Å². The van der Waals surface area contributed by atoms with Crippen molar-refractivity contribution in [3.63, 3.8) is 0 Å². The second kappa shape index (κ2) is 6.94. The molecule has 0 saturated heterocycles. The fourth-order valence-corrected chi connectivity index (χ4v) is 1.91. The maximum absolute atomic E-state index is 14.0. The van der Waals surface area contributed by atoms with Crippen LogP contribution in [0.2, 0.25) is 0 Å². The van der Waals surface area contributed by atoms with Gasteiger partial charge in [0.2, 0.25) is 11.9 Å². The van der Waals surface area contributed by atoms with E-state index in [1.165, 1.54) is 19.9 Å². The zero-order valence-corrected chi connectivity index (χ0v) is 14.1. The van der Waals surface area contributed by atoms with Gasteiger partial charge >= 0.3 is 0 Å². The molecule has 130 valence electrons. The number of aromatic nitrogens is 3. The van der Waals surface area contributed by atoms with Crippen molar-refractivity contribution in [3.8, 4) is 5.75 Å². The molecule has 0 saturated carbocycles. The molecule has 1 aromatic heterocycles. The predicted molar refractivity (Wildman–Crippen MR) is 88.1 cm³/mol. The molecule has 0 fully saturated rings. The number of hydrogen-bond donors (Lipinski definition) is 2. The van der Waals surface area contributed by atoms with Crippen molar-refractivity contribution in [2.75, 3.05) is 17.7 Å². The Morgan fingerprint density at radius 2 is 2.00 bits per heavy atom. The largest absolute Gasteiger partial charge is 0.491 e. The third kappa shape index (κ3) is 4.74. The second-order valence-electron chi connectivity index (χ2n) is 6.08. The third-order valence-corrected chi connectivity index (χ3v) is 3.19. The number of nitrogen functional groups attached to an aromatic ring is 1. The summed E-state index contributed by atoms with van der Waals surface area (Å²) in [5, 5.41) is 2.98. The SMILES string of the molecule is Cc1cc(OCC(C)Nc2nc(N)nc(C(C)(C)F)n2)ccc1F. The molecule has 1 unspecified atom stereocenters. The number of halogens is 2. The molecule has 6 nitrogen and oxygen atoms in total. The molecule has 2 rings (SSSR count). The van der Waals surface area contributed by atoms with E-state index in [2.05, 4.69) is 20.3 Å². The summed E-state index contributed by atoms with van der Waals surface area (Å²) in [4.78, 5) is 11.8. The van der Waals surface area contributed by atoms with Gasteiger partial charge in [-0.25, -0.2) is 8.78 Å². The van der Waals surface area contributed by atoms with Crippen LogP contribution in [-0.4, -0.2) is 27.6 Å². The van der Waals surface area contributed by atoms with Crippen LogP contribution in [0.3, 0.4) is 0 Å². The summed E-state index contributed by atoms with van der Waals surface area (Å²) in [6, 6.07) is 4.34. The van der Waals surface area contributed by atoms with Crippen LogP contribution in [0.4, 0.5) is 20.7 Å². The first-order valence-corrected chi connectivity index (χ1v) is 7.51.